The molecule has 2 atom stereocenters. The van der Waals surface area contributed by atoms with Gasteiger partial charge in [0, 0.05) is 0 Å². The van der Waals surface area contributed by atoms with Crippen molar-refractivity contribution in [1.29, 1.82) is 0 Å². The minimum Gasteiger partial charge on any atom is -0.444 e. The molecule has 0 fully saturated rings. The Balaban J connectivity index is 1.55. The SMILES string of the molecule is CC(C)(C)OC(=O)N[C@H]1c2ccccc2C[C@H]1C(=O)ON1C(=O)c2ccccc2C1=O. The largest absolute Gasteiger partial charge is 0.444 e. The van der Waals surface area contributed by atoms with Crippen molar-refractivity contribution in [2.45, 2.75) is 38.8 Å². The summed E-state index contributed by atoms with van der Waals surface area (Å²) < 4.78 is 5.33. The number of nitrogens with zero attached hydrogens (tertiary/aromatic N) is 1. The number of imide groups is 1. The van der Waals surface area contributed by atoms with Crippen LogP contribution in [0.1, 0.15) is 58.7 Å². The molecule has 0 unspecified atom stereocenters. The van der Waals surface area contributed by atoms with E-state index >= 15 is 0 Å². The van der Waals surface area contributed by atoms with Gasteiger partial charge in [0.25, 0.3) is 11.8 Å². The molecule has 0 saturated heterocycles. The van der Waals surface area contributed by atoms with Crippen LogP contribution in [0.3, 0.4) is 0 Å². The molecule has 2 aliphatic rings. The van der Waals surface area contributed by atoms with Crippen molar-refractivity contribution < 1.29 is 28.8 Å². The Kier molecular flexibility index (Phi) is 5.00. The van der Waals surface area contributed by atoms with E-state index < -0.39 is 41.4 Å². The van der Waals surface area contributed by atoms with Gasteiger partial charge in [-0.25, -0.2) is 9.59 Å². The lowest BCUT2D eigenvalue weighted by Crippen LogP contribution is -2.41. The van der Waals surface area contributed by atoms with Crippen LogP contribution >= 0.6 is 0 Å². The molecule has 1 aliphatic heterocycles. The van der Waals surface area contributed by atoms with E-state index in [1.165, 1.54) is 12.1 Å². The van der Waals surface area contributed by atoms with Crippen molar-refractivity contribution in [3.8, 4) is 0 Å². The van der Waals surface area contributed by atoms with Gasteiger partial charge in [-0.1, -0.05) is 41.5 Å². The smallest absolute Gasteiger partial charge is 0.408 e. The summed E-state index contributed by atoms with van der Waals surface area (Å²) >= 11 is 0. The van der Waals surface area contributed by atoms with Crippen LogP contribution in [0.15, 0.2) is 48.5 Å². The maximum Gasteiger partial charge on any atom is 0.408 e. The van der Waals surface area contributed by atoms with E-state index in [9.17, 15) is 19.2 Å². The molecule has 0 aromatic heterocycles. The van der Waals surface area contributed by atoms with Crippen molar-refractivity contribution >= 4 is 23.9 Å². The number of hydroxylamine groups is 2. The van der Waals surface area contributed by atoms with Gasteiger partial charge in [-0.2, -0.15) is 0 Å². The molecular weight excluding hydrogens is 400 g/mol. The molecule has 31 heavy (non-hydrogen) atoms. The molecule has 4 rings (SSSR count). The topological polar surface area (TPSA) is 102 Å². The minimum atomic E-state index is -0.825. The summed E-state index contributed by atoms with van der Waals surface area (Å²) in [5.74, 6) is -3.00. The lowest BCUT2D eigenvalue weighted by Gasteiger charge is -2.25. The maximum atomic E-state index is 13.0. The molecule has 2 aromatic rings. The quantitative estimate of drug-likeness (QED) is 0.763. The van der Waals surface area contributed by atoms with Gasteiger partial charge in [0.2, 0.25) is 0 Å². The molecule has 8 nitrogen and oxygen atoms in total. The molecular formula is C23H22N2O6. The number of rotatable bonds is 3. The van der Waals surface area contributed by atoms with Gasteiger partial charge >= 0.3 is 12.1 Å². The lowest BCUT2D eigenvalue weighted by molar-refractivity contribution is -0.174. The molecule has 2 aromatic carbocycles. The molecule has 1 aliphatic carbocycles. The molecule has 0 spiro atoms. The predicted octanol–water partition coefficient (Wildman–Crippen LogP) is 3.18. The summed E-state index contributed by atoms with van der Waals surface area (Å²) in [4.78, 5) is 55.7. The highest BCUT2D eigenvalue weighted by Gasteiger charge is 2.44. The normalized spacial score (nSPS) is 19.6. The number of fused-ring (bicyclic) bond motifs is 2. The number of hydrogen-bond acceptors (Lipinski definition) is 6. The first-order chi connectivity index (χ1) is 14.7. The van der Waals surface area contributed by atoms with E-state index in [2.05, 4.69) is 5.32 Å². The van der Waals surface area contributed by atoms with Gasteiger partial charge in [0.15, 0.2) is 0 Å². The number of carbonyl (C=O) groups excluding carboxylic acids is 4. The monoisotopic (exact) mass is 422 g/mol. The van der Waals surface area contributed by atoms with Crippen LogP contribution in [0, 0.1) is 5.92 Å². The molecule has 1 heterocycles. The van der Waals surface area contributed by atoms with Gasteiger partial charge < -0.3 is 14.9 Å². The zero-order valence-corrected chi connectivity index (χ0v) is 17.4. The van der Waals surface area contributed by atoms with Crippen molar-refractivity contribution in [2.24, 2.45) is 5.92 Å². The summed E-state index contributed by atoms with van der Waals surface area (Å²) in [7, 11) is 0. The predicted molar refractivity (Wildman–Crippen MR) is 109 cm³/mol. The van der Waals surface area contributed by atoms with Crippen LogP contribution in [-0.4, -0.2) is 34.5 Å². The number of hydrogen-bond donors (Lipinski definition) is 1. The lowest BCUT2D eigenvalue weighted by atomic mass is 10.0. The number of benzene rings is 2. The Morgan fingerprint density at radius 1 is 0.968 bits per heavy atom. The Morgan fingerprint density at radius 2 is 1.55 bits per heavy atom. The van der Waals surface area contributed by atoms with Crippen LogP contribution in [-0.2, 0) is 20.8 Å². The number of ether oxygens (including phenoxy) is 1. The molecule has 8 heteroatoms. The average Bonchev–Trinajstić information content (AvgIpc) is 3.18. The zero-order chi connectivity index (χ0) is 22.3. The van der Waals surface area contributed by atoms with Gasteiger partial charge in [0.05, 0.1) is 23.1 Å². The highest BCUT2D eigenvalue weighted by molar-refractivity contribution is 6.20. The van der Waals surface area contributed by atoms with E-state index in [0.717, 1.165) is 11.1 Å². The van der Waals surface area contributed by atoms with E-state index in [-0.39, 0.29) is 11.1 Å². The first kappa shape index (κ1) is 20.6. The molecule has 0 radical (unpaired) electrons. The third-order valence-corrected chi connectivity index (χ3v) is 5.15. The second kappa shape index (κ2) is 7.54. The third kappa shape index (κ3) is 3.88. The summed E-state index contributed by atoms with van der Waals surface area (Å²) in [6.07, 6.45) is -0.383. The van der Waals surface area contributed by atoms with E-state index in [0.29, 0.717) is 11.5 Å². The summed E-state index contributed by atoms with van der Waals surface area (Å²) in [6, 6.07) is 12.9. The maximum absolute atomic E-state index is 13.0. The van der Waals surface area contributed by atoms with Gasteiger partial charge in [0.1, 0.15) is 5.60 Å². The van der Waals surface area contributed by atoms with E-state index in [1.54, 1.807) is 39.0 Å². The van der Waals surface area contributed by atoms with E-state index in [1.807, 2.05) is 18.2 Å². The fourth-order valence-corrected chi connectivity index (χ4v) is 3.84. The second-order valence-corrected chi connectivity index (χ2v) is 8.49. The third-order valence-electron chi connectivity index (χ3n) is 5.15. The number of alkyl carbamates (subject to hydrolysis) is 1. The van der Waals surface area contributed by atoms with Gasteiger partial charge in [-0.05, 0) is 50.5 Å². The van der Waals surface area contributed by atoms with Gasteiger partial charge in [-0.3, -0.25) is 9.59 Å². The molecule has 0 saturated carbocycles. The number of nitrogens with one attached hydrogen (secondary N) is 1. The van der Waals surface area contributed by atoms with Crippen LogP contribution in [0.4, 0.5) is 4.79 Å². The Morgan fingerprint density at radius 3 is 2.16 bits per heavy atom. The van der Waals surface area contributed by atoms with Crippen LogP contribution in [0.25, 0.3) is 0 Å². The summed E-state index contributed by atoms with van der Waals surface area (Å²) in [5.41, 5.74) is 1.28. The summed E-state index contributed by atoms with van der Waals surface area (Å²) in [5, 5.41) is 3.22. The van der Waals surface area contributed by atoms with Crippen LogP contribution < -0.4 is 5.32 Å². The Labute approximate surface area is 179 Å². The Bertz CT molecular complexity index is 1050. The summed E-state index contributed by atoms with van der Waals surface area (Å²) in [6.45, 7) is 5.22. The first-order valence-electron chi connectivity index (χ1n) is 9.92. The van der Waals surface area contributed by atoms with Crippen LogP contribution in [0.2, 0.25) is 0 Å². The fraction of sp³-hybridized carbons (Fsp3) is 0.304. The fourth-order valence-electron chi connectivity index (χ4n) is 3.84. The molecule has 1 N–H and O–H groups in total. The highest BCUT2D eigenvalue weighted by atomic mass is 16.7. The molecule has 0 bridgehead atoms. The molecule has 3 amide bonds. The van der Waals surface area contributed by atoms with Crippen molar-refractivity contribution in [3.63, 3.8) is 0 Å². The van der Waals surface area contributed by atoms with Crippen molar-refractivity contribution in [3.05, 3.63) is 70.8 Å². The molecule has 160 valence electrons. The number of carbonyl (C=O) groups is 4. The van der Waals surface area contributed by atoms with Crippen molar-refractivity contribution in [2.75, 3.05) is 0 Å². The minimum absolute atomic E-state index is 0.179. The highest BCUT2D eigenvalue weighted by Crippen LogP contribution is 2.37. The second-order valence-electron chi connectivity index (χ2n) is 8.49. The van der Waals surface area contributed by atoms with Gasteiger partial charge in [-0.15, -0.1) is 0 Å². The van der Waals surface area contributed by atoms with Crippen molar-refractivity contribution in [1.82, 2.24) is 10.4 Å². The van der Waals surface area contributed by atoms with E-state index in [4.69, 9.17) is 9.57 Å². The number of amides is 3. The standard InChI is InChI=1S/C23H22N2O6/c1-23(2,3)30-22(29)24-18-14-9-5-4-8-13(14)12-17(18)21(28)31-25-19(26)15-10-6-7-11-16(15)20(25)27/h4-11,17-18H,12H2,1-3H3,(H,24,29)/t17-,18+/m1/s1. The first-order valence-corrected chi connectivity index (χ1v) is 9.92. The Hall–Kier alpha value is -3.68. The van der Waals surface area contributed by atoms with Crippen LogP contribution in [0.5, 0.6) is 0 Å². The average molecular weight is 422 g/mol. The zero-order valence-electron chi connectivity index (χ0n) is 17.4.